The molecule has 1 atom stereocenters. The molecular weight excluding hydrogens is 315 g/mol. The van der Waals surface area contributed by atoms with Crippen LogP contribution < -0.4 is 10.6 Å². The van der Waals surface area contributed by atoms with E-state index < -0.39 is 16.5 Å². The molecule has 0 aliphatic carbocycles. The lowest BCUT2D eigenvalue weighted by Gasteiger charge is -2.29. The second-order valence-electron chi connectivity index (χ2n) is 5.26. The molecule has 1 unspecified atom stereocenters. The number of carbonyl (C=O) groups is 1. The average molecular weight is 329 g/mol. The highest BCUT2D eigenvalue weighted by molar-refractivity contribution is 8.16. The van der Waals surface area contributed by atoms with Crippen molar-refractivity contribution in [2.45, 2.75) is 23.8 Å². The van der Waals surface area contributed by atoms with Crippen LogP contribution in [0.1, 0.15) is 18.4 Å². The number of piperidine rings is 1. The van der Waals surface area contributed by atoms with Gasteiger partial charge in [0.15, 0.2) is 5.17 Å². The number of thioether (sulfide) groups is 1. The van der Waals surface area contributed by atoms with Gasteiger partial charge < -0.3 is 10.6 Å². The monoisotopic (exact) mass is 329 g/mol. The summed E-state index contributed by atoms with van der Waals surface area (Å²) in [6.45, 7) is 1.35. The fourth-order valence-corrected chi connectivity index (χ4v) is 3.82. The SMILES string of the molecule is O=C1NC(=Nc2ccccc2C(F)(F)F)SC12CCCNC2. The van der Waals surface area contributed by atoms with Gasteiger partial charge in [-0.3, -0.25) is 4.79 Å². The normalized spacial score (nSPS) is 27.4. The maximum Gasteiger partial charge on any atom is 0.418 e. The Balaban J connectivity index is 1.90. The van der Waals surface area contributed by atoms with Crippen LogP contribution in [-0.2, 0) is 11.0 Å². The minimum absolute atomic E-state index is 0.182. The molecule has 1 aromatic carbocycles. The number of halogens is 3. The lowest BCUT2D eigenvalue weighted by Crippen LogP contribution is -2.48. The Morgan fingerprint density at radius 1 is 1.27 bits per heavy atom. The van der Waals surface area contributed by atoms with Crippen LogP contribution in [0.2, 0.25) is 0 Å². The summed E-state index contributed by atoms with van der Waals surface area (Å²) < 4.78 is 38.3. The molecule has 1 aromatic rings. The van der Waals surface area contributed by atoms with Crippen LogP contribution in [-0.4, -0.2) is 28.9 Å². The Hall–Kier alpha value is -1.54. The Bertz CT molecular complexity index is 624. The Kier molecular flexibility index (Phi) is 3.90. The Morgan fingerprint density at radius 2 is 2.05 bits per heavy atom. The Morgan fingerprint density at radius 3 is 2.73 bits per heavy atom. The quantitative estimate of drug-likeness (QED) is 0.833. The summed E-state index contributed by atoms with van der Waals surface area (Å²) in [6, 6.07) is 5.10. The molecule has 2 aliphatic heterocycles. The number of para-hydroxylation sites is 1. The van der Waals surface area contributed by atoms with Crippen molar-refractivity contribution in [1.29, 1.82) is 0 Å². The highest BCUT2D eigenvalue weighted by Gasteiger charge is 2.47. The van der Waals surface area contributed by atoms with Gasteiger partial charge in [0.05, 0.1) is 11.3 Å². The minimum atomic E-state index is -4.47. The summed E-state index contributed by atoms with van der Waals surface area (Å²) in [5, 5.41) is 5.99. The van der Waals surface area contributed by atoms with Crippen molar-refractivity contribution < 1.29 is 18.0 Å². The van der Waals surface area contributed by atoms with Crippen LogP contribution in [0.15, 0.2) is 29.3 Å². The first-order chi connectivity index (χ1) is 10.4. The van der Waals surface area contributed by atoms with Crippen LogP contribution in [0, 0.1) is 0 Å². The number of carbonyl (C=O) groups excluding carboxylic acids is 1. The first-order valence-corrected chi connectivity index (χ1v) is 7.68. The molecule has 0 radical (unpaired) electrons. The number of nitrogens with one attached hydrogen (secondary N) is 2. The van der Waals surface area contributed by atoms with E-state index in [-0.39, 0.29) is 16.8 Å². The number of rotatable bonds is 1. The Labute approximate surface area is 129 Å². The van der Waals surface area contributed by atoms with Crippen molar-refractivity contribution >= 4 is 28.5 Å². The van der Waals surface area contributed by atoms with Crippen LogP contribution in [0.5, 0.6) is 0 Å². The molecule has 4 nitrogen and oxygen atoms in total. The smallest absolute Gasteiger partial charge is 0.315 e. The third kappa shape index (κ3) is 2.85. The molecule has 2 heterocycles. The number of benzene rings is 1. The zero-order valence-electron chi connectivity index (χ0n) is 11.5. The van der Waals surface area contributed by atoms with Crippen molar-refractivity contribution in [3.05, 3.63) is 29.8 Å². The maximum absolute atomic E-state index is 13.0. The van der Waals surface area contributed by atoms with Crippen LogP contribution in [0.25, 0.3) is 0 Å². The number of alkyl halides is 3. The van der Waals surface area contributed by atoms with E-state index in [9.17, 15) is 18.0 Å². The second kappa shape index (κ2) is 5.58. The number of nitrogens with zero attached hydrogens (tertiary/aromatic N) is 1. The second-order valence-corrected chi connectivity index (χ2v) is 6.63. The highest BCUT2D eigenvalue weighted by Crippen LogP contribution is 2.40. The van der Waals surface area contributed by atoms with Crippen LogP contribution >= 0.6 is 11.8 Å². The van der Waals surface area contributed by atoms with E-state index in [1.165, 1.54) is 30.0 Å². The third-order valence-electron chi connectivity index (χ3n) is 3.70. The molecule has 0 bridgehead atoms. The molecule has 2 fully saturated rings. The van der Waals surface area contributed by atoms with Gasteiger partial charge in [-0.25, -0.2) is 4.99 Å². The average Bonchev–Trinajstić information content (AvgIpc) is 2.75. The van der Waals surface area contributed by atoms with E-state index in [2.05, 4.69) is 15.6 Å². The number of aliphatic imine (C=N–C) groups is 1. The van der Waals surface area contributed by atoms with Crippen LogP contribution in [0.4, 0.5) is 18.9 Å². The third-order valence-corrected chi connectivity index (χ3v) is 5.01. The molecule has 8 heteroatoms. The van der Waals surface area contributed by atoms with Gasteiger partial charge in [0.1, 0.15) is 4.75 Å². The van der Waals surface area contributed by atoms with Crippen molar-refractivity contribution in [2.24, 2.45) is 4.99 Å². The van der Waals surface area contributed by atoms with Gasteiger partial charge in [0, 0.05) is 6.54 Å². The van der Waals surface area contributed by atoms with Gasteiger partial charge in [-0.2, -0.15) is 13.2 Å². The zero-order valence-corrected chi connectivity index (χ0v) is 12.4. The number of amides is 1. The van der Waals surface area contributed by atoms with Crippen molar-refractivity contribution in [1.82, 2.24) is 10.6 Å². The van der Waals surface area contributed by atoms with Crippen molar-refractivity contribution in [2.75, 3.05) is 13.1 Å². The molecule has 2 saturated heterocycles. The summed E-state index contributed by atoms with van der Waals surface area (Å²) in [6.07, 6.45) is -2.93. The zero-order chi connectivity index (χ0) is 15.8. The maximum atomic E-state index is 13.0. The lowest BCUT2D eigenvalue weighted by atomic mass is 9.98. The summed E-state index contributed by atoms with van der Waals surface area (Å²) >= 11 is 1.22. The van der Waals surface area contributed by atoms with E-state index in [0.717, 1.165) is 19.0 Å². The lowest BCUT2D eigenvalue weighted by molar-refractivity contribution is -0.137. The summed E-state index contributed by atoms with van der Waals surface area (Å²) in [4.78, 5) is 16.2. The van der Waals surface area contributed by atoms with E-state index in [4.69, 9.17) is 0 Å². The largest absolute Gasteiger partial charge is 0.418 e. The predicted molar refractivity (Wildman–Crippen MR) is 79.1 cm³/mol. The fraction of sp³-hybridized carbons (Fsp3) is 0.429. The number of hydrogen-bond acceptors (Lipinski definition) is 4. The van der Waals surface area contributed by atoms with E-state index in [1.807, 2.05) is 0 Å². The summed E-state index contributed by atoms with van der Waals surface area (Å²) in [5.74, 6) is -0.187. The van der Waals surface area contributed by atoms with E-state index in [0.29, 0.717) is 13.0 Å². The highest BCUT2D eigenvalue weighted by atomic mass is 32.2. The van der Waals surface area contributed by atoms with Crippen molar-refractivity contribution in [3.63, 3.8) is 0 Å². The first kappa shape index (κ1) is 15.4. The molecule has 0 saturated carbocycles. The molecule has 22 heavy (non-hydrogen) atoms. The van der Waals surface area contributed by atoms with E-state index in [1.54, 1.807) is 0 Å². The molecule has 1 amide bonds. The molecule has 118 valence electrons. The topological polar surface area (TPSA) is 53.5 Å². The summed E-state index contributed by atoms with van der Waals surface area (Å²) in [5.41, 5.74) is -0.987. The standard InChI is InChI=1S/C14H14F3N3OS/c15-14(16,17)9-4-1-2-5-10(9)19-12-20-11(21)13(22-12)6-3-7-18-8-13/h1-2,4-5,18H,3,6-8H2,(H,19,20,21). The first-order valence-electron chi connectivity index (χ1n) is 6.87. The predicted octanol–water partition coefficient (Wildman–Crippen LogP) is 2.68. The van der Waals surface area contributed by atoms with Crippen molar-refractivity contribution in [3.8, 4) is 0 Å². The molecule has 3 rings (SSSR count). The van der Waals surface area contributed by atoms with Gasteiger partial charge in [0.2, 0.25) is 5.91 Å². The molecule has 1 spiro atoms. The van der Waals surface area contributed by atoms with Gasteiger partial charge in [-0.05, 0) is 31.5 Å². The van der Waals surface area contributed by atoms with Gasteiger partial charge in [0.25, 0.3) is 0 Å². The molecule has 2 aliphatic rings. The van der Waals surface area contributed by atoms with Crippen LogP contribution in [0.3, 0.4) is 0 Å². The fourth-order valence-electron chi connectivity index (χ4n) is 2.60. The van der Waals surface area contributed by atoms with Gasteiger partial charge in [-0.1, -0.05) is 23.9 Å². The molecular formula is C14H14F3N3OS. The number of hydrogen-bond donors (Lipinski definition) is 2. The molecule has 2 N–H and O–H groups in total. The van der Waals surface area contributed by atoms with Gasteiger partial charge in [-0.15, -0.1) is 0 Å². The number of amidine groups is 1. The van der Waals surface area contributed by atoms with E-state index >= 15 is 0 Å². The minimum Gasteiger partial charge on any atom is -0.315 e. The van der Waals surface area contributed by atoms with Gasteiger partial charge >= 0.3 is 6.18 Å². The summed E-state index contributed by atoms with van der Waals surface area (Å²) in [7, 11) is 0. The molecule has 0 aromatic heterocycles.